The van der Waals surface area contributed by atoms with Gasteiger partial charge in [-0.1, -0.05) is 41.4 Å². The Morgan fingerprint density at radius 1 is 1.27 bits per heavy atom. The zero-order valence-corrected chi connectivity index (χ0v) is 13.0. The topological polar surface area (TPSA) is 47.6 Å². The minimum Gasteiger partial charge on any atom is -0.491 e. The number of fused-ring (bicyclic) bond motifs is 1. The quantitative estimate of drug-likeness (QED) is 0.926. The predicted molar refractivity (Wildman–Crippen MR) is 84.8 cm³/mol. The van der Waals surface area contributed by atoms with E-state index >= 15 is 0 Å². The summed E-state index contributed by atoms with van der Waals surface area (Å²) in [5, 5.41) is 3.76. The summed E-state index contributed by atoms with van der Waals surface area (Å²) in [6.07, 6.45) is 0. The largest absolute Gasteiger partial charge is 0.491 e. The molecule has 6 heteroatoms. The molecule has 0 aromatic heterocycles. The van der Waals surface area contributed by atoms with Gasteiger partial charge in [0.15, 0.2) is 6.61 Å². The van der Waals surface area contributed by atoms with Gasteiger partial charge in [0.1, 0.15) is 18.1 Å². The van der Waals surface area contributed by atoms with Crippen molar-refractivity contribution >= 4 is 29.1 Å². The molecule has 22 heavy (non-hydrogen) atoms. The van der Waals surface area contributed by atoms with E-state index in [1.165, 1.54) is 0 Å². The molecular weight excluding hydrogens is 325 g/mol. The van der Waals surface area contributed by atoms with Crippen LogP contribution in [0.25, 0.3) is 0 Å². The number of carbonyl (C=O) groups is 1. The number of hydrogen-bond acceptors (Lipinski definition) is 3. The predicted octanol–water partition coefficient (Wildman–Crippen LogP) is 3.62. The Kier molecular flexibility index (Phi) is 4.41. The fraction of sp³-hybridized carbons (Fsp3) is 0.188. The van der Waals surface area contributed by atoms with Crippen LogP contribution in [-0.2, 0) is 4.79 Å². The number of carbonyl (C=O) groups excluding carboxylic acids is 1. The van der Waals surface area contributed by atoms with Crippen molar-refractivity contribution in [3.05, 3.63) is 58.1 Å². The van der Waals surface area contributed by atoms with Gasteiger partial charge in [-0.05, 0) is 24.3 Å². The van der Waals surface area contributed by atoms with Gasteiger partial charge in [0.25, 0.3) is 5.91 Å². The first kappa shape index (κ1) is 15.0. The highest BCUT2D eigenvalue weighted by molar-refractivity contribution is 6.35. The van der Waals surface area contributed by atoms with E-state index in [0.717, 1.165) is 11.3 Å². The third kappa shape index (κ3) is 3.29. The Morgan fingerprint density at radius 3 is 2.91 bits per heavy atom. The number of hydrogen-bond donors (Lipinski definition) is 1. The summed E-state index contributed by atoms with van der Waals surface area (Å²) < 4.78 is 10.9. The monoisotopic (exact) mass is 337 g/mol. The maximum atomic E-state index is 12.0. The van der Waals surface area contributed by atoms with Crippen LogP contribution in [0.4, 0.5) is 0 Å². The average Bonchev–Trinajstić information content (AvgIpc) is 2.90. The number of rotatable bonds is 4. The molecule has 0 radical (unpaired) electrons. The first-order valence-electron chi connectivity index (χ1n) is 6.72. The highest BCUT2D eigenvalue weighted by atomic mass is 35.5. The summed E-state index contributed by atoms with van der Waals surface area (Å²) in [5.41, 5.74) is 0.973. The van der Waals surface area contributed by atoms with E-state index in [0.29, 0.717) is 22.4 Å². The van der Waals surface area contributed by atoms with E-state index in [1.807, 2.05) is 24.3 Å². The second kappa shape index (κ2) is 6.46. The van der Waals surface area contributed by atoms with Crippen molar-refractivity contribution in [3.63, 3.8) is 0 Å². The van der Waals surface area contributed by atoms with E-state index in [-0.39, 0.29) is 18.6 Å². The number of amides is 1. The lowest BCUT2D eigenvalue weighted by Gasteiger charge is -2.13. The highest BCUT2D eigenvalue weighted by Crippen LogP contribution is 2.31. The summed E-state index contributed by atoms with van der Waals surface area (Å²) in [4.78, 5) is 12.0. The molecule has 1 N–H and O–H groups in total. The van der Waals surface area contributed by atoms with Gasteiger partial charge in [-0.2, -0.15) is 0 Å². The number of nitrogens with one attached hydrogen (secondary N) is 1. The van der Waals surface area contributed by atoms with Gasteiger partial charge in [-0.15, -0.1) is 0 Å². The van der Waals surface area contributed by atoms with Crippen molar-refractivity contribution in [2.75, 3.05) is 13.2 Å². The van der Waals surface area contributed by atoms with Crippen LogP contribution in [0.5, 0.6) is 11.5 Å². The normalized spacial score (nSPS) is 15.8. The molecule has 2 aromatic carbocycles. The van der Waals surface area contributed by atoms with Crippen LogP contribution >= 0.6 is 23.2 Å². The maximum absolute atomic E-state index is 12.0. The highest BCUT2D eigenvalue weighted by Gasteiger charge is 2.25. The molecule has 0 spiro atoms. The molecule has 1 heterocycles. The summed E-state index contributed by atoms with van der Waals surface area (Å²) in [6, 6.07) is 12.3. The molecule has 0 bridgehead atoms. The lowest BCUT2D eigenvalue weighted by atomic mass is 10.1. The standard InChI is InChI=1S/C16H13Cl2NO3/c17-10-5-6-15(12(18)7-10)22-9-16(20)19-13-8-21-14-4-2-1-3-11(13)14/h1-7,13H,8-9H2,(H,19,20). The van der Waals surface area contributed by atoms with Crippen LogP contribution in [0.3, 0.4) is 0 Å². The number of benzene rings is 2. The zero-order chi connectivity index (χ0) is 15.5. The molecule has 114 valence electrons. The van der Waals surface area contributed by atoms with E-state index in [2.05, 4.69) is 5.32 Å². The van der Waals surface area contributed by atoms with Crippen LogP contribution < -0.4 is 14.8 Å². The molecule has 1 aliphatic rings. The molecule has 4 nitrogen and oxygen atoms in total. The van der Waals surface area contributed by atoms with Crippen molar-refractivity contribution in [1.29, 1.82) is 0 Å². The van der Waals surface area contributed by atoms with Crippen LogP contribution in [0.1, 0.15) is 11.6 Å². The molecular formula is C16H13Cl2NO3. The molecule has 1 atom stereocenters. The Balaban J connectivity index is 1.57. The van der Waals surface area contributed by atoms with Crippen molar-refractivity contribution < 1.29 is 14.3 Å². The fourth-order valence-corrected chi connectivity index (χ4v) is 2.72. The van der Waals surface area contributed by atoms with Crippen molar-refractivity contribution in [2.24, 2.45) is 0 Å². The van der Waals surface area contributed by atoms with Gasteiger partial charge in [0, 0.05) is 10.6 Å². The molecule has 1 unspecified atom stereocenters. The van der Waals surface area contributed by atoms with Crippen molar-refractivity contribution in [3.8, 4) is 11.5 Å². The van der Waals surface area contributed by atoms with Crippen molar-refractivity contribution in [1.82, 2.24) is 5.32 Å². The molecule has 0 fully saturated rings. The lowest BCUT2D eigenvalue weighted by molar-refractivity contribution is -0.123. The Morgan fingerprint density at radius 2 is 2.09 bits per heavy atom. The van der Waals surface area contributed by atoms with Gasteiger partial charge in [-0.25, -0.2) is 0 Å². The van der Waals surface area contributed by atoms with Gasteiger partial charge in [0.05, 0.1) is 11.1 Å². The number of ether oxygens (including phenoxy) is 2. The van der Waals surface area contributed by atoms with Gasteiger partial charge >= 0.3 is 0 Å². The van der Waals surface area contributed by atoms with Gasteiger partial charge in [0.2, 0.25) is 0 Å². The minimum absolute atomic E-state index is 0.125. The second-order valence-corrected chi connectivity index (χ2v) is 5.68. The summed E-state index contributed by atoms with van der Waals surface area (Å²) in [5.74, 6) is 0.982. The van der Waals surface area contributed by atoms with Crippen LogP contribution in [-0.4, -0.2) is 19.1 Å². The Bertz CT molecular complexity index is 706. The summed E-state index contributed by atoms with van der Waals surface area (Å²) in [7, 11) is 0. The lowest BCUT2D eigenvalue weighted by Crippen LogP contribution is -2.33. The average molecular weight is 338 g/mol. The van der Waals surface area contributed by atoms with E-state index in [4.69, 9.17) is 32.7 Å². The van der Waals surface area contributed by atoms with E-state index < -0.39 is 0 Å². The van der Waals surface area contributed by atoms with Crippen LogP contribution in [0.15, 0.2) is 42.5 Å². The minimum atomic E-state index is -0.240. The molecule has 0 saturated heterocycles. The molecule has 0 saturated carbocycles. The SMILES string of the molecule is O=C(COc1ccc(Cl)cc1Cl)NC1COc2ccccc21. The van der Waals surface area contributed by atoms with Crippen LogP contribution in [0, 0.1) is 0 Å². The molecule has 0 aliphatic carbocycles. The third-order valence-corrected chi connectivity index (χ3v) is 3.82. The zero-order valence-electron chi connectivity index (χ0n) is 11.5. The Labute approximate surface area is 137 Å². The second-order valence-electron chi connectivity index (χ2n) is 4.83. The first-order valence-corrected chi connectivity index (χ1v) is 7.48. The molecule has 1 aliphatic heterocycles. The van der Waals surface area contributed by atoms with Gasteiger partial charge < -0.3 is 14.8 Å². The smallest absolute Gasteiger partial charge is 0.258 e. The van der Waals surface area contributed by atoms with E-state index in [9.17, 15) is 4.79 Å². The number of halogens is 2. The fourth-order valence-electron chi connectivity index (χ4n) is 2.25. The third-order valence-electron chi connectivity index (χ3n) is 3.29. The van der Waals surface area contributed by atoms with Crippen molar-refractivity contribution in [2.45, 2.75) is 6.04 Å². The summed E-state index contributed by atoms with van der Waals surface area (Å²) >= 11 is 11.8. The first-order chi connectivity index (χ1) is 10.6. The molecule has 1 amide bonds. The summed E-state index contributed by atoms with van der Waals surface area (Å²) in [6.45, 7) is 0.298. The molecule has 2 aromatic rings. The van der Waals surface area contributed by atoms with Gasteiger partial charge in [-0.3, -0.25) is 4.79 Å². The Hall–Kier alpha value is -1.91. The number of para-hydroxylation sites is 1. The van der Waals surface area contributed by atoms with Crippen LogP contribution in [0.2, 0.25) is 10.0 Å². The van der Waals surface area contributed by atoms with E-state index in [1.54, 1.807) is 18.2 Å². The maximum Gasteiger partial charge on any atom is 0.258 e. The molecule has 3 rings (SSSR count).